The predicted molar refractivity (Wildman–Crippen MR) is 122 cm³/mol. The van der Waals surface area contributed by atoms with Crippen molar-refractivity contribution >= 4 is 28.2 Å². The number of benzene rings is 1. The number of primary amides is 1. The van der Waals surface area contributed by atoms with Crippen molar-refractivity contribution in [3.05, 3.63) is 54.2 Å². The van der Waals surface area contributed by atoms with Gasteiger partial charge in [-0.2, -0.15) is 0 Å². The highest BCUT2D eigenvalue weighted by atomic mass is 32.1. The minimum atomic E-state index is -0.581. The van der Waals surface area contributed by atoms with Crippen LogP contribution in [0.3, 0.4) is 0 Å². The highest BCUT2D eigenvalue weighted by molar-refractivity contribution is 7.14. The fourth-order valence-corrected chi connectivity index (χ4v) is 3.97. The Kier molecular flexibility index (Phi) is 8.20. The van der Waals surface area contributed by atoms with Gasteiger partial charge in [-0.1, -0.05) is 39.0 Å². The number of thiazole rings is 1. The number of nitrogens with zero attached hydrogens (tertiary/aromatic N) is 3. The van der Waals surface area contributed by atoms with Gasteiger partial charge in [0.25, 0.3) is 0 Å². The van der Waals surface area contributed by atoms with E-state index in [1.165, 1.54) is 48.3 Å². The fraction of sp³-hybridized carbons (Fsp3) is 0.348. The van der Waals surface area contributed by atoms with E-state index in [0.29, 0.717) is 17.4 Å². The second-order valence-electron chi connectivity index (χ2n) is 7.04. The van der Waals surface area contributed by atoms with Crippen LogP contribution < -0.4 is 15.4 Å². The molecule has 3 rings (SSSR count). The standard InChI is InChI=1S/C23H28N4O2S/c1-2-3-4-5-6-7-15-29-20-12-10-19(11-13-20)27(22(24)28)23-26-21(17-30-23)18-9-8-14-25-16-18/h8-14,16-17H,2-7,15H2,1H3,(H2,24,28). The van der Waals surface area contributed by atoms with Crippen molar-refractivity contribution in [3.63, 3.8) is 0 Å². The fourth-order valence-electron chi connectivity index (χ4n) is 3.11. The van der Waals surface area contributed by atoms with Gasteiger partial charge in [0.05, 0.1) is 18.0 Å². The van der Waals surface area contributed by atoms with Crippen LogP contribution >= 0.6 is 11.3 Å². The normalized spacial score (nSPS) is 10.7. The van der Waals surface area contributed by atoms with E-state index in [2.05, 4.69) is 16.9 Å². The van der Waals surface area contributed by atoms with Crippen LogP contribution in [0, 0.1) is 0 Å². The molecule has 0 radical (unpaired) electrons. The Hall–Kier alpha value is -2.93. The monoisotopic (exact) mass is 424 g/mol. The maximum Gasteiger partial charge on any atom is 0.325 e. The molecule has 7 heteroatoms. The summed E-state index contributed by atoms with van der Waals surface area (Å²) in [5.41, 5.74) is 7.95. The van der Waals surface area contributed by atoms with Crippen LogP contribution in [0.1, 0.15) is 45.4 Å². The first-order valence-corrected chi connectivity index (χ1v) is 11.3. The summed E-state index contributed by atoms with van der Waals surface area (Å²) < 4.78 is 5.82. The van der Waals surface area contributed by atoms with Crippen LogP contribution in [0.25, 0.3) is 11.3 Å². The smallest absolute Gasteiger partial charge is 0.325 e. The van der Waals surface area contributed by atoms with Gasteiger partial charge in [0, 0.05) is 23.3 Å². The van der Waals surface area contributed by atoms with Gasteiger partial charge in [0.1, 0.15) is 5.75 Å². The molecule has 6 nitrogen and oxygen atoms in total. The number of nitrogens with two attached hydrogens (primary N) is 1. The first-order chi connectivity index (χ1) is 14.7. The van der Waals surface area contributed by atoms with E-state index in [1.807, 2.05) is 41.8 Å². The molecule has 0 fully saturated rings. The number of amides is 2. The Bertz CT molecular complexity index is 912. The Morgan fingerprint density at radius 1 is 1.10 bits per heavy atom. The third kappa shape index (κ3) is 6.03. The van der Waals surface area contributed by atoms with Crippen LogP contribution in [-0.4, -0.2) is 22.6 Å². The lowest BCUT2D eigenvalue weighted by Crippen LogP contribution is -2.31. The summed E-state index contributed by atoms with van der Waals surface area (Å²) in [4.78, 5) is 22.2. The number of unbranched alkanes of at least 4 members (excludes halogenated alkanes) is 5. The van der Waals surface area contributed by atoms with Crippen LogP contribution in [0.15, 0.2) is 54.2 Å². The second kappa shape index (κ2) is 11.3. The minimum absolute atomic E-state index is 0.516. The molecule has 0 bridgehead atoms. The van der Waals surface area contributed by atoms with Crippen molar-refractivity contribution < 1.29 is 9.53 Å². The van der Waals surface area contributed by atoms with Crippen LogP contribution in [-0.2, 0) is 0 Å². The van der Waals surface area contributed by atoms with Crippen molar-refractivity contribution in [3.8, 4) is 17.0 Å². The number of anilines is 2. The minimum Gasteiger partial charge on any atom is -0.494 e. The summed E-state index contributed by atoms with van der Waals surface area (Å²) >= 11 is 1.36. The van der Waals surface area contributed by atoms with Crippen molar-refractivity contribution in [1.82, 2.24) is 9.97 Å². The zero-order valence-electron chi connectivity index (χ0n) is 17.3. The van der Waals surface area contributed by atoms with Crippen LogP contribution in [0.2, 0.25) is 0 Å². The van der Waals surface area contributed by atoms with Gasteiger partial charge in [-0.25, -0.2) is 14.7 Å². The third-order valence-corrected chi connectivity index (χ3v) is 5.55. The summed E-state index contributed by atoms with van der Waals surface area (Å²) in [7, 11) is 0. The molecule has 2 aromatic heterocycles. The van der Waals surface area contributed by atoms with Gasteiger partial charge in [-0.05, 0) is 42.8 Å². The van der Waals surface area contributed by atoms with Crippen molar-refractivity contribution in [2.45, 2.75) is 45.4 Å². The molecule has 0 saturated heterocycles. The molecule has 0 unspecified atom stereocenters. The molecule has 0 aliphatic heterocycles. The molecule has 30 heavy (non-hydrogen) atoms. The van der Waals surface area contributed by atoms with Gasteiger partial charge >= 0.3 is 6.03 Å². The zero-order chi connectivity index (χ0) is 21.2. The maximum atomic E-state index is 12.1. The number of pyridine rings is 1. The van der Waals surface area contributed by atoms with Gasteiger partial charge in [-0.15, -0.1) is 11.3 Å². The van der Waals surface area contributed by atoms with E-state index in [-0.39, 0.29) is 0 Å². The Morgan fingerprint density at radius 2 is 1.87 bits per heavy atom. The molecule has 158 valence electrons. The second-order valence-corrected chi connectivity index (χ2v) is 7.88. The average Bonchev–Trinajstić information content (AvgIpc) is 3.24. The van der Waals surface area contributed by atoms with Crippen molar-refractivity contribution in [2.75, 3.05) is 11.5 Å². The van der Waals surface area contributed by atoms with E-state index in [1.54, 1.807) is 12.4 Å². The number of rotatable bonds is 11. The Labute approximate surface area is 181 Å². The molecule has 0 spiro atoms. The van der Waals surface area contributed by atoms with Crippen molar-refractivity contribution in [1.29, 1.82) is 0 Å². The predicted octanol–water partition coefficient (Wildman–Crippen LogP) is 6.16. The highest BCUT2D eigenvalue weighted by Crippen LogP contribution is 2.32. The topological polar surface area (TPSA) is 81.3 Å². The Morgan fingerprint density at radius 3 is 2.57 bits per heavy atom. The molecular weight excluding hydrogens is 396 g/mol. The molecular formula is C23H28N4O2S. The van der Waals surface area contributed by atoms with E-state index in [4.69, 9.17) is 10.5 Å². The number of hydrogen-bond acceptors (Lipinski definition) is 5. The van der Waals surface area contributed by atoms with Crippen molar-refractivity contribution in [2.24, 2.45) is 5.73 Å². The summed E-state index contributed by atoms with van der Waals surface area (Å²) in [6.45, 7) is 2.92. The highest BCUT2D eigenvalue weighted by Gasteiger charge is 2.19. The van der Waals surface area contributed by atoms with Gasteiger partial charge in [-0.3, -0.25) is 4.98 Å². The number of carbonyl (C=O) groups is 1. The van der Waals surface area contributed by atoms with E-state index in [0.717, 1.165) is 23.4 Å². The number of hydrogen-bond donors (Lipinski definition) is 1. The summed E-state index contributed by atoms with van der Waals surface area (Å²) in [5, 5.41) is 2.40. The molecule has 0 saturated carbocycles. The van der Waals surface area contributed by atoms with Gasteiger partial charge < -0.3 is 10.5 Å². The molecule has 1 aromatic carbocycles. The first-order valence-electron chi connectivity index (χ1n) is 10.4. The number of urea groups is 1. The molecule has 0 aliphatic carbocycles. The van der Waals surface area contributed by atoms with E-state index in [9.17, 15) is 4.79 Å². The summed E-state index contributed by atoms with van der Waals surface area (Å²) in [5.74, 6) is 0.784. The lowest BCUT2D eigenvalue weighted by molar-refractivity contribution is 0.256. The average molecular weight is 425 g/mol. The van der Waals surface area contributed by atoms with E-state index >= 15 is 0 Å². The number of aromatic nitrogens is 2. The van der Waals surface area contributed by atoms with E-state index < -0.39 is 6.03 Å². The van der Waals surface area contributed by atoms with Crippen LogP contribution in [0.5, 0.6) is 5.75 Å². The molecule has 2 N–H and O–H groups in total. The summed E-state index contributed by atoms with van der Waals surface area (Å²) in [6.07, 6.45) is 10.8. The lowest BCUT2D eigenvalue weighted by Gasteiger charge is -2.17. The quantitative estimate of drug-likeness (QED) is 0.374. The maximum absolute atomic E-state index is 12.1. The molecule has 0 atom stereocenters. The molecule has 3 aromatic rings. The Balaban J connectivity index is 1.60. The lowest BCUT2D eigenvalue weighted by atomic mass is 10.1. The third-order valence-electron chi connectivity index (χ3n) is 4.72. The SMILES string of the molecule is CCCCCCCCOc1ccc(N(C(N)=O)c2nc(-c3cccnc3)cs2)cc1. The molecule has 2 heterocycles. The van der Waals surface area contributed by atoms with Crippen LogP contribution in [0.4, 0.5) is 15.6 Å². The first kappa shape index (κ1) is 21.8. The van der Waals surface area contributed by atoms with Gasteiger partial charge in [0.15, 0.2) is 5.13 Å². The number of ether oxygens (including phenoxy) is 1. The molecule has 2 amide bonds. The zero-order valence-corrected chi connectivity index (χ0v) is 18.1. The number of carbonyl (C=O) groups excluding carboxylic acids is 1. The largest absolute Gasteiger partial charge is 0.494 e. The summed E-state index contributed by atoms with van der Waals surface area (Å²) in [6, 6.07) is 10.6. The molecule has 0 aliphatic rings. The van der Waals surface area contributed by atoms with Gasteiger partial charge in [0.2, 0.25) is 0 Å².